The van der Waals surface area contributed by atoms with Gasteiger partial charge in [-0.05, 0) is 45.7 Å². The molecule has 0 bridgehead atoms. The van der Waals surface area contributed by atoms with E-state index in [2.05, 4.69) is 4.98 Å². The van der Waals surface area contributed by atoms with Crippen molar-refractivity contribution in [2.45, 2.75) is 66.5 Å². The van der Waals surface area contributed by atoms with Gasteiger partial charge in [-0.1, -0.05) is 38.0 Å². The highest BCUT2D eigenvalue weighted by Gasteiger charge is 2.26. The highest BCUT2D eigenvalue weighted by Crippen LogP contribution is 2.21. The zero-order valence-corrected chi connectivity index (χ0v) is 19.3. The van der Waals surface area contributed by atoms with Crippen molar-refractivity contribution < 1.29 is 4.79 Å². The molecule has 2 rings (SSSR count). The summed E-state index contributed by atoms with van der Waals surface area (Å²) in [5.41, 5.74) is 7.17. The van der Waals surface area contributed by atoms with Crippen LogP contribution in [0.25, 0.3) is 0 Å². The van der Waals surface area contributed by atoms with E-state index in [0.717, 1.165) is 17.7 Å². The predicted molar refractivity (Wildman–Crippen MR) is 127 cm³/mol. The van der Waals surface area contributed by atoms with Crippen LogP contribution in [-0.4, -0.2) is 34.6 Å². The molecule has 1 amide bonds. The molecule has 1 aromatic heterocycles. The second-order valence-corrected chi connectivity index (χ2v) is 8.10. The Hall–Kier alpha value is -3.03. The lowest BCUT2D eigenvalue weighted by molar-refractivity contribution is -0.117. The van der Waals surface area contributed by atoms with E-state index in [1.807, 2.05) is 63.8 Å². The van der Waals surface area contributed by atoms with E-state index in [1.165, 1.54) is 9.47 Å². The molecular weight excluding hydrogens is 394 g/mol. The Morgan fingerprint density at radius 2 is 1.77 bits per heavy atom. The number of nitrogens with one attached hydrogen (secondary N) is 1. The molecule has 31 heavy (non-hydrogen) atoms. The number of hydrogen-bond acceptors (Lipinski definition) is 5. The van der Waals surface area contributed by atoms with Crippen LogP contribution in [0.3, 0.4) is 0 Å². The van der Waals surface area contributed by atoms with E-state index in [4.69, 9.17) is 5.73 Å². The van der Waals surface area contributed by atoms with Gasteiger partial charge in [-0.2, -0.15) is 0 Å². The summed E-state index contributed by atoms with van der Waals surface area (Å²) < 4.78 is 1.32. The fourth-order valence-electron chi connectivity index (χ4n) is 3.50. The van der Waals surface area contributed by atoms with Crippen molar-refractivity contribution >= 4 is 23.1 Å². The first-order chi connectivity index (χ1) is 14.7. The number of amides is 1. The van der Waals surface area contributed by atoms with Gasteiger partial charge in [-0.15, -0.1) is 0 Å². The number of unbranched alkanes of at least 4 members (excludes halogenated alkanes) is 1. The summed E-state index contributed by atoms with van der Waals surface area (Å²) in [5.74, 6) is -0.201. The van der Waals surface area contributed by atoms with Gasteiger partial charge in [0.15, 0.2) is 5.69 Å². The molecule has 8 nitrogen and oxygen atoms in total. The molecule has 8 heteroatoms. The van der Waals surface area contributed by atoms with E-state index in [1.54, 1.807) is 0 Å². The minimum absolute atomic E-state index is 0.0338. The van der Waals surface area contributed by atoms with Crippen molar-refractivity contribution in [2.24, 2.45) is 0 Å². The summed E-state index contributed by atoms with van der Waals surface area (Å²) in [5, 5.41) is 0. The molecule has 0 aliphatic rings. The highest BCUT2D eigenvalue weighted by atomic mass is 16.2. The predicted octanol–water partition coefficient (Wildman–Crippen LogP) is 2.89. The number of carbonyl (C=O) groups is 1. The maximum absolute atomic E-state index is 13.5. The molecule has 0 atom stereocenters. The SMILES string of the molecule is CCCCN(C(=O)CN(c1ccc(C)cc1)C(C)C)c1c(N)n(CCC)c(=O)[nH]c1=O. The quantitative estimate of drug-likeness (QED) is 0.604. The lowest BCUT2D eigenvalue weighted by Gasteiger charge is -2.32. The zero-order valence-electron chi connectivity index (χ0n) is 19.3. The Labute approximate surface area is 183 Å². The van der Waals surface area contributed by atoms with E-state index in [9.17, 15) is 14.4 Å². The molecule has 170 valence electrons. The average molecular weight is 430 g/mol. The molecule has 0 saturated carbocycles. The molecule has 0 unspecified atom stereocenters. The number of benzene rings is 1. The normalized spacial score (nSPS) is 11.0. The van der Waals surface area contributed by atoms with Crippen LogP contribution < -0.4 is 26.8 Å². The van der Waals surface area contributed by atoms with Crippen LogP contribution in [0.15, 0.2) is 33.9 Å². The Morgan fingerprint density at radius 3 is 2.32 bits per heavy atom. The van der Waals surface area contributed by atoms with Gasteiger partial charge < -0.3 is 15.5 Å². The lowest BCUT2D eigenvalue weighted by atomic mass is 10.2. The van der Waals surface area contributed by atoms with Crippen LogP contribution in [0, 0.1) is 6.92 Å². The molecule has 1 aromatic carbocycles. The Kier molecular flexibility index (Phi) is 8.47. The smallest absolute Gasteiger partial charge is 0.330 e. The summed E-state index contributed by atoms with van der Waals surface area (Å²) in [4.78, 5) is 44.1. The largest absolute Gasteiger partial charge is 0.383 e. The van der Waals surface area contributed by atoms with Gasteiger partial charge in [-0.25, -0.2) is 4.79 Å². The third-order valence-corrected chi connectivity index (χ3v) is 5.26. The van der Waals surface area contributed by atoms with Crippen molar-refractivity contribution in [1.29, 1.82) is 0 Å². The molecule has 2 aromatic rings. The topological polar surface area (TPSA) is 104 Å². The van der Waals surface area contributed by atoms with Gasteiger partial charge in [-0.3, -0.25) is 19.1 Å². The van der Waals surface area contributed by atoms with Crippen molar-refractivity contribution in [3.05, 3.63) is 50.7 Å². The van der Waals surface area contributed by atoms with Crippen molar-refractivity contribution in [3.8, 4) is 0 Å². The number of anilines is 3. The molecule has 0 spiro atoms. The molecule has 1 heterocycles. The van der Waals surface area contributed by atoms with Gasteiger partial charge in [0.2, 0.25) is 5.91 Å². The number of hydrogen-bond donors (Lipinski definition) is 2. The third kappa shape index (κ3) is 5.77. The van der Waals surface area contributed by atoms with Crippen LogP contribution in [-0.2, 0) is 11.3 Å². The second kappa shape index (κ2) is 10.8. The molecule has 3 N–H and O–H groups in total. The van der Waals surface area contributed by atoms with Gasteiger partial charge in [0, 0.05) is 24.8 Å². The number of nitrogens with two attached hydrogens (primary N) is 1. The average Bonchev–Trinajstić information content (AvgIpc) is 2.72. The number of aromatic nitrogens is 2. The number of aryl methyl sites for hydroxylation is 1. The maximum atomic E-state index is 13.5. The number of rotatable bonds is 10. The number of nitrogen functional groups attached to an aromatic ring is 1. The fraction of sp³-hybridized carbons (Fsp3) is 0.522. The molecule has 0 aliphatic heterocycles. The summed E-state index contributed by atoms with van der Waals surface area (Å²) in [7, 11) is 0. The van der Waals surface area contributed by atoms with Crippen LogP contribution in [0.1, 0.15) is 52.5 Å². The summed E-state index contributed by atoms with van der Waals surface area (Å²) in [6, 6.07) is 8.06. The lowest BCUT2D eigenvalue weighted by Crippen LogP contribution is -2.47. The van der Waals surface area contributed by atoms with E-state index in [0.29, 0.717) is 25.9 Å². The molecule has 0 fully saturated rings. The van der Waals surface area contributed by atoms with Crippen LogP contribution in [0.2, 0.25) is 0 Å². The van der Waals surface area contributed by atoms with Gasteiger partial charge in [0.05, 0.1) is 6.54 Å². The summed E-state index contributed by atoms with van der Waals surface area (Å²) >= 11 is 0. The van der Waals surface area contributed by atoms with Crippen LogP contribution >= 0.6 is 0 Å². The number of nitrogens with zero attached hydrogens (tertiary/aromatic N) is 3. The van der Waals surface area contributed by atoms with Crippen molar-refractivity contribution in [1.82, 2.24) is 9.55 Å². The van der Waals surface area contributed by atoms with Gasteiger partial charge in [0.1, 0.15) is 5.82 Å². The van der Waals surface area contributed by atoms with Crippen LogP contribution in [0.5, 0.6) is 0 Å². The van der Waals surface area contributed by atoms with E-state index in [-0.39, 0.29) is 30.0 Å². The first kappa shape index (κ1) is 24.2. The Balaban J connectivity index is 2.47. The van der Waals surface area contributed by atoms with Crippen LogP contribution in [0.4, 0.5) is 17.2 Å². The summed E-state index contributed by atoms with van der Waals surface area (Å²) in [6.07, 6.45) is 2.23. The van der Waals surface area contributed by atoms with E-state index >= 15 is 0 Å². The number of carbonyl (C=O) groups excluding carboxylic acids is 1. The monoisotopic (exact) mass is 429 g/mol. The second-order valence-electron chi connectivity index (χ2n) is 8.10. The Bertz CT molecular complexity index is 992. The zero-order chi connectivity index (χ0) is 23.1. The first-order valence-electron chi connectivity index (χ1n) is 11.0. The first-order valence-corrected chi connectivity index (χ1v) is 11.0. The number of H-pyrrole nitrogens is 1. The molecule has 0 saturated heterocycles. The number of aromatic amines is 1. The summed E-state index contributed by atoms with van der Waals surface area (Å²) in [6.45, 7) is 10.8. The maximum Gasteiger partial charge on any atom is 0.330 e. The molecule has 0 aliphatic carbocycles. The third-order valence-electron chi connectivity index (χ3n) is 5.26. The minimum atomic E-state index is -0.634. The molecular formula is C23H35N5O3. The van der Waals surface area contributed by atoms with E-state index < -0.39 is 11.2 Å². The molecule has 0 radical (unpaired) electrons. The Morgan fingerprint density at radius 1 is 1.13 bits per heavy atom. The minimum Gasteiger partial charge on any atom is -0.383 e. The highest BCUT2D eigenvalue weighted by molar-refractivity contribution is 5.98. The van der Waals surface area contributed by atoms with Gasteiger partial charge >= 0.3 is 5.69 Å². The van der Waals surface area contributed by atoms with Gasteiger partial charge in [0.25, 0.3) is 5.56 Å². The standard InChI is InChI=1S/C23H35N5O3/c1-6-8-14-26(20-21(24)27(13-7-2)23(31)25-22(20)30)19(29)15-28(16(3)4)18-11-9-17(5)10-12-18/h9-12,16H,6-8,13-15,24H2,1-5H3,(H,25,30,31). The fourth-order valence-corrected chi connectivity index (χ4v) is 3.50. The van der Waals surface area contributed by atoms with Crippen molar-refractivity contribution in [3.63, 3.8) is 0 Å². The van der Waals surface area contributed by atoms with Crippen molar-refractivity contribution in [2.75, 3.05) is 28.6 Å².